The molecule has 1 aliphatic heterocycles. The summed E-state index contributed by atoms with van der Waals surface area (Å²) in [6.45, 7) is 4.49. The van der Waals surface area contributed by atoms with E-state index in [0.29, 0.717) is 0 Å². The highest BCUT2D eigenvalue weighted by Crippen LogP contribution is 2.25. The van der Waals surface area contributed by atoms with Gasteiger partial charge in [0.1, 0.15) is 0 Å². The van der Waals surface area contributed by atoms with Gasteiger partial charge in [0.15, 0.2) is 0 Å². The molecule has 1 aromatic carbocycles. The van der Waals surface area contributed by atoms with E-state index in [1.54, 1.807) is 0 Å². The number of imidazole rings is 1. The first-order valence-electron chi connectivity index (χ1n) is 7.24. The van der Waals surface area contributed by atoms with Crippen LogP contribution in [0.4, 0.5) is 5.95 Å². The van der Waals surface area contributed by atoms with Crippen LogP contribution in [0.3, 0.4) is 0 Å². The third-order valence-electron chi connectivity index (χ3n) is 3.57. The Labute approximate surface area is 118 Å². The standard InChI is InChI=1S/C15H21N3S/c1-2-10-19-12-6-7-13-14(11-12)17-15(16-13)18-8-4-3-5-9-18/h6-7,11H,2-5,8-10H2,1H3,(H,16,17). The minimum atomic E-state index is 1.05. The molecule has 19 heavy (non-hydrogen) atoms. The highest BCUT2D eigenvalue weighted by atomic mass is 32.2. The summed E-state index contributed by atoms with van der Waals surface area (Å²) in [5, 5.41) is 0. The van der Waals surface area contributed by atoms with Crippen molar-refractivity contribution in [2.24, 2.45) is 0 Å². The van der Waals surface area contributed by atoms with Crippen molar-refractivity contribution in [3.63, 3.8) is 0 Å². The second kappa shape index (κ2) is 5.87. The molecule has 0 aliphatic carbocycles. The van der Waals surface area contributed by atoms with Gasteiger partial charge in [-0.3, -0.25) is 0 Å². The average molecular weight is 275 g/mol. The summed E-state index contributed by atoms with van der Waals surface area (Å²) in [5.74, 6) is 2.23. The van der Waals surface area contributed by atoms with Crippen molar-refractivity contribution < 1.29 is 0 Å². The monoisotopic (exact) mass is 275 g/mol. The summed E-state index contributed by atoms with van der Waals surface area (Å²) in [7, 11) is 0. The molecule has 0 amide bonds. The van der Waals surface area contributed by atoms with Gasteiger partial charge in [-0.05, 0) is 49.6 Å². The van der Waals surface area contributed by atoms with Crippen LogP contribution in [-0.4, -0.2) is 28.8 Å². The molecule has 102 valence electrons. The Morgan fingerprint density at radius 1 is 1.26 bits per heavy atom. The molecule has 3 rings (SSSR count). The molecule has 1 aromatic heterocycles. The van der Waals surface area contributed by atoms with E-state index >= 15 is 0 Å². The van der Waals surface area contributed by atoms with Crippen LogP contribution in [0.2, 0.25) is 0 Å². The second-order valence-electron chi connectivity index (χ2n) is 5.14. The number of fused-ring (bicyclic) bond motifs is 1. The van der Waals surface area contributed by atoms with Crippen molar-refractivity contribution >= 4 is 28.7 Å². The lowest BCUT2D eigenvalue weighted by atomic mass is 10.1. The predicted octanol–water partition coefficient (Wildman–Crippen LogP) is 4.06. The zero-order valence-electron chi connectivity index (χ0n) is 11.5. The summed E-state index contributed by atoms with van der Waals surface area (Å²) < 4.78 is 0. The largest absolute Gasteiger partial charge is 0.342 e. The van der Waals surface area contributed by atoms with Crippen molar-refractivity contribution in [2.45, 2.75) is 37.5 Å². The number of piperidine rings is 1. The molecule has 4 heteroatoms. The Balaban J connectivity index is 1.83. The van der Waals surface area contributed by atoms with Crippen LogP contribution in [-0.2, 0) is 0 Å². The van der Waals surface area contributed by atoms with Gasteiger partial charge in [-0.15, -0.1) is 11.8 Å². The highest BCUT2D eigenvalue weighted by molar-refractivity contribution is 7.99. The van der Waals surface area contributed by atoms with Crippen molar-refractivity contribution in [3.05, 3.63) is 18.2 Å². The van der Waals surface area contributed by atoms with Crippen LogP contribution in [0, 0.1) is 0 Å². The second-order valence-corrected chi connectivity index (χ2v) is 6.30. The number of H-pyrrole nitrogens is 1. The Bertz CT molecular complexity index is 543. The van der Waals surface area contributed by atoms with Crippen LogP contribution < -0.4 is 4.90 Å². The smallest absolute Gasteiger partial charge is 0.203 e. The van der Waals surface area contributed by atoms with Gasteiger partial charge in [-0.2, -0.15) is 0 Å². The molecule has 0 unspecified atom stereocenters. The number of hydrogen-bond donors (Lipinski definition) is 1. The topological polar surface area (TPSA) is 31.9 Å². The number of nitrogens with zero attached hydrogens (tertiary/aromatic N) is 2. The minimum absolute atomic E-state index is 1.05. The zero-order chi connectivity index (χ0) is 13.1. The number of nitrogens with one attached hydrogen (secondary N) is 1. The zero-order valence-corrected chi connectivity index (χ0v) is 12.3. The molecule has 0 atom stereocenters. The van der Waals surface area contributed by atoms with E-state index in [0.717, 1.165) is 24.6 Å². The van der Waals surface area contributed by atoms with Gasteiger partial charge in [0, 0.05) is 18.0 Å². The van der Waals surface area contributed by atoms with E-state index < -0.39 is 0 Å². The lowest BCUT2D eigenvalue weighted by Gasteiger charge is -2.25. The summed E-state index contributed by atoms with van der Waals surface area (Å²) in [6, 6.07) is 6.55. The lowest BCUT2D eigenvalue weighted by Crippen LogP contribution is -2.30. The fraction of sp³-hybridized carbons (Fsp3) is 0.533. The Morgan fingerprint density at radius 2 is 2.11 bits per heavy atom. The Morgan fingerprint density at radius 3 is 2.89 bits per heavy atom. The van der Waals surface area contributed by atoms with Crippen LogP contribution in [0.15, 0.2) is 23.1 Å². The maximum Gasteiger partial charge on any atom is 0.203 e. The molecule has 3 nitrogen and oxygen atoms in total. The van der Waals surface area contributed by atoms with Gasteiger partial charge in [-0.1, -0.05) is 6.92 Å². The summed E-state index contributed by atoms with van der Waals surface area (Å²) in [6.07, 6.45) is 5.14. The molecule has 0 saturated carbocycles. The van der Waals surface area contributed by atoms with E-state index in [2.05, 4.69) is 35.0 Å². The van der Waals surface area contributed by atoms with Crippen molar-refractivity contribution in [2.75, 3.05) is 23.7 Å². The van der Waals surface area contributed by atoms with Gasteiger partial charge < -0.3 is 9.88 Å². The number of aromatic nitrogens is 2. The van der Waals surface area contributed by atoms with Gasteiger partial charge in [0.05, 0.1) is 11.0 Å². The van der Waals surface area contributed by atoms with E-state index in [1.807, 2.05) is 11.8 Å². The predicted molar refractivity (Wildman–Crippen MR) is 83.2 cm³/mol. The van der Waals surface area contributed by atoms with Gasteiger partial charge >= 0.3 is 0 Å². The van der Waals surface area contributed by atoms with Crippen LogP contribution in [0.1, 0.15) is 32.6 Å². The molecular formula is C15H21N3S. The van der Waals surface area contributed by atoms with Gasteiger partial charge in [-0.25, -0.2) is 4.98 Å². The summed E-state index contributed by atoms with van der Waals surface area (Å²) >= 11 is 1.92. The first-order valence-corrected chi connectivity index (χ1v) is 8.23. The van der Waals surface area contributed by atoms with Crippen LogP contribution >= 0.6 is 11.8 Å². The van der Waals surface area contributed by atoms with Crippen molar-refractivity contribution in [1.29, 1.82) is 0 Å². The number of benzene rings is 1. The van der Waals surface area contributed by atoms with Crippen LogP contribution in [0.25, 0.3) is 11.0 Å². The van der Waals surface area contributed by atoms with Gasteiger partial charge in [0.2, 0.25) is 5.95 Å². The third kappa shape index (κ3) is 2.89. The normalized spacial score (nSPS) is 16.2. The van der Waals surface area contributed by atoms with E-state index in [1.165, 1.54) is 41.8 Å². The molecule has 2 heterocycles. The number of thioether (sulfide) groups is 1. The molecular weight excluding hydrogens is 254 g/mol. The van der Waals surface area contributed by atoms with Crippen LogP contribution in [0.5, 0.6) is 0 Å². The Kier molecular flexibility index (Phi) is 3.97. The number of rotatable bonds is 4. The van der Waals surface area contributed by atoms with Crippen molar-refractivity contribution in [3.8, 4) is 0 Å². The van der Waals surface area contributed by atoms with E-state index in [9.17, 15) is 0 Å². The number of anilines is 1. The molecule has 1 fully saturated rings. The maximum absolute atomic E-state index is 4.72. The third-order valence-corrected chi connectivity index (χ3v) is 4.77. The average Bonchev–Trinajstić information content (AvgIpc) is 2.89. The molecule has 1 N–H and O–H groups in total. The quantitative estimate of drug-likeness (QED) is 0.854. The fourth-order valence-electron chi connectivity index (χ4n) is 2.54. The van der Waals surface area contributed by atoms with Crippen molar-refractivity contribution in [1.82, 2.24) is 9.97 Å². The lowest BCUT2D eigenvalue weighted by molar-refractivity contribution is 0.570. The highest BCUT2D eigenvalue weighted by Gasteiger charge is 2.14. The minimum Gasteiger partial charge on any atom is -0.342 e. The molecule has 0 radical (unpaired) electrons. The summed E-state index contributed by atoms with van der Waals surface area (Å²) in [4.78, 5) is 11.9. The fourth-order valence-corrected chi connectivity index (χ4v) is 3.35. The molecule has 2 aromatic rings. The molecule has 1 aliphatic rings. The number of hydrogen-bond acceptors (Lipinski definition) is 3. The SMILES string of the molecule is CCCSc1ccc2nc(N3CCCCC3)[nH]c2c1. The maximum atomic E-state index is 4.72. The van der Waals surface area contributed by atoms with E-state index in [-0.39, 0.29) is 0 Å². The molecule has 1 saturated heterocycles. The van der Waals surface area contributed by atoms with Gasteiger partial charge in [0.25, 0.3) is 0 Å². The first-order chi connectivity index (χ1) is 9.36. The first kappa shape index (κ1) is 12.9. The number of aromatic amines is 1. The molecule has 0 bridgehead atoms. The Hall–Kier alpha value is -1.16. The molecule has 0 spiro atoms. The van der Waals surface area contributed by atoms with E-state index in [4.69, 9.17) is 4.98 Å². The summed E-state index contributed by atoms with van der Waals surface area (Å²) in [5.41, 5.74) is 2.25.